The summed E-state index contributed by atoms with van der Waals surface area (Å²) < 4.78 is 7.30. The molecule has 1 fully saturated rings. The summed E-state index contributed by atoms with van der Waals surface area (Å²) >= 11 is 0. The number of benzene rings is 1. The minimum atomic E-state index is -1.03. The van der Waals surface area contributed by atoms with Crippen molar-refractivity contribution in [2.45, 2.75) is 26.5 Å². The van der Waals surface area contributed by atoms with Crippen LogP contribution in [0, 0.1) is 5.92 Å². The van der Waals surface area contributed by atoms with E-state index < -0.39 is 12.1 Å². The molecule has 0 radical (unpaired) electrons. The van der Waals surface area contributed by atoms with Gasteiger partial charge < -0.3 is 19.3 Å². The van der Waals surface area contributed by atoms with Crippen molar-refractivity contribution in [3.63, 3.8) is 0 Å². The summed E-state index contributed by atoms with van der Waals surface area (Å²) in [6.45, 7) is 5.83. The van der Waals surface area contributed by atoms with Crippen LogP contribution in [-0.2, 0) is 16.1 Å². The van der Waals surface area contributed by atoms with Crippen molar-refractivity contribution in [1.29, 1.82) is 0 Å². The Balaban J connectivity index is 1.93. The van der Waals surface area contributed by atoms with Gasteiger partial charge in [0.2, 0.25) is 0 Å². The zero-order valence-corrected chi connectivity index (χ0v) is 13.9. The Labute approximate surface area is 140 Å². The largest absolute Gasteiger partial charge is 0.479 e. The fraction of sp³-hybridized carbons (Fsp3) is 0.444. The smallest absolute Gasteiger partial charge is 0.334 e. The van der Waals surface area contributed by atoms with Crippen molar-refractivity contribution in [2.24, 2.45) is 5.92 Å². The summed E-state index contributed by atoms with van der Waals surface area (Å²) in [6, 6.07) is 7.82. The van der Waals surface area contributed by atoms with Crippen LogP contribution in [-0.4, -0.2) is 52.3 Å². The van der Waals surface area contributed by atoms with Crippen molar-refractivity contribution in [3.05, 3.63) is 36.0 Å². The number of carboxylic acids is 1. The van der Waals surface area contributed by atoms with Gasteiger partial charge in [-0.3, -0.25) is 4.79 Å². The number of amides is 1. The molecule has 0 unspecified atom stereocenters. The quantitative estimate of drug-likeness (QED) is 0.933. The fourth-order valence-electron chi connectivity index (χ4n) is 3.12. The third-order valence-corrected chi connectivity index (χ3v) is 4.21. The number of ether oxygens (including phenoxy) is 1. The Morgan fingerprint density at radius 3 is 2.79 bits per heavy atom. The molecule has 24 heavy (non-hydrogen) atoms. The molecule has 0 aliphatic carbocycles. The van der Waals surface area contributed by atoms with Crippen molar-refractivity contribution in [1.82, 2.24) is 9.47 Å². The fourth-order valence-corrected chi connectivity index (χ4v) is 3.12. The molecule has 0 spiro atoms. The van der Waals surface area contributed by atoms with Crippen LogP contribution >= 0.6 is 0 Å². The van der Waals surface area contributed by atoms with Crippen LogP contribution in [0.2, 0.25) is 0 Å². The predicted molar refractivity (Wildman–Crippen MR) is 90.1 cm³/mol. The monoisotopic (exact) mass is 330 g/mol. The number of aromatic nitrogens is 1. The molecule has 6 heteroatoms. The van der Waals surface area contributed by atoms with E-state index in [0.717, 1.165) is 17.4 Å². The van der Waals surface area contributed by atoms with E-state index in [0.29, 0.717) is 18.0 Å². The lowest BCUT2D eigenvalue weighted by atomic mass is 10.1. The molecule has 0 bridgehead atoms. The zero-order valence-electron chi connectivity index (χ0n) is 13.9. The molecule has 0 saturated carbocycles. The van der Waals surface area contributed by atoms with Gasteiger partial charge in [0.15, 0.2) is 6.10 Å². The molecule has 1 N–H and O–H groups in total. The number of hydrogen-bond donors (Lipinski definition) is 1. The average molecular weight is 330 g/mol. The predicted octanol–water partition coefficient (Wildman–Crippen LogP) is 2.22. The van der Waals surface area contributed by atoms with E-state index in [9.17, 15) is 9.59 Å². The van der Waals surface area contributed by atoms with Gasteiger partial charge >= 0.3 is 5.97 Å². The van der Waals surface area contributed by atoms with Gasteiger partial charge in [-0.05, 0) is 12.0 Å². The van der Waals surface area contributed by atoms with Gasteiger partial charge in [-0.1, -0.05) is 32.0 Å². The second-order valence-corrected chi connectivity index (χ2v) is 6.55. The topological polar surface area (TPSA) is 71.8 Å². The second kappa shape index (κ2) is 6.65. The van der Waals surface area contributed by atoms with E-state index in [4.69, 9.17) is 9.84 Å². The molecule has 1 atom stereocenters. The first kappa shape index (κ1) is 16.5. The third-order valence-electron chi connectivity index (χ3n) is 4.21. The van der Waals surface area contributed by atoms with E-state index in [-0.39, 0.29) is 19.1 Å². The maximum atomic E-state index is 12.9. The normalized spacial score (nSPS) is 18.3. The van der Waals surface area contributed by atoms with Gasteiger partial charge in [0.25, 0.3) is 5.91 Å². The van der Waals surface area contributed by atoms with E-state index in [1.807, 2.05) is 30.5 Å². The summed E-state index contributed by atoms with van der Waals surface area (Å²) in [5.74, 6) is -0.707. The summed E-state index contributed by atoms with van der Waals surface area (Å²) in [5, 5.41) is 10.0. The number of hydrogen-bond acceptors (Lipinski definition) is 3. The maximum Gasteiger partial charge on any atom is 0.334 e. The standard InChI is InChI=1S/C18H22N2O4/c1-12(2)9-20-10-14(13-5-3-4-6-15(13)20)17(21)19-7-8-24-16(11-19)18(22)23/h3-6,10,12,16H,7-9,11H2,1-2H3,(H,22,23)/t16-/m0/s1. The molecule has 2 aromatic rings. The molecule has 1 aromatic carbocycles. The van der Waals surface area contributed by atoms with Crippen LogP contribution in [0.15, 0.2) is 30.5 Å². The summed E-state index contributed by atoms with van der Waals surface area (Å²) in [7, 11) is 0. The summed E-state index contributed by atoms with van der Waals surface area (Å²) in [4.78, 5) is 25.6. The molecular formula is C18H22N2O4. The highest BCUT2D eigenvalue weighted by Crippen LogP contribution is 2.24. The number of carbonyl (C=O) groups excluding carboxylic acids is 1. The Hall–Kier alpha value is -2.34. The second-order valence-electron chi connectivity index (χ2n) is 6.55. The molecule has 1 aliphatic rings. The Bertz CT molecular complexity index is 765. The average Bonchev–Trinajstić information content (AvgIpc) is 2.92. The molecule has 2 heterocycles. The molecule has 6 nitrogen and oxygen atoms in total. The van der Waals surface area contributed by atoms with Crippen LogP contribution in [0.1, 0.15) is 24.2 Å². The highest BCUT2D eigenvalue weighted by Gasteiger charge is 2.30. The number of carboxylic acid groups (broad SMARTS) is 1. The number of aliphatic carboxylic acids is 1. The Morgan fingerprint density at radius 2 is 2.08 bits per heavy atom. The maximum absolute atomic E-state index is 12.9. The van der Waals surface area contributed by atoms with Gasteiger partial charge in [0.1, 0.15) is 0 Å². The number of nitrogens with zero attached hydrogens (tertiary/aromatic N) is 2. The molecule has 1 aromatic heterocycles. The van der Waals surface area contributed by atoms with Crippen LogP contribution in [0.4, 0.5) is 0 Å². The summed E-state index contributed by atoms with van der Waals surface area (Å²) in [5.41, 5.74) is 1.65. The van der Waals surface area contributed by atoms with Crippen molar-refractivity contribution >= 4 is 22.8 Å². The first-order valence-corrected chi connectivity index (χ1v) is 8.19. The van der Waals surface area contributed by atoms with E-state index in [2.05, 4.69) is 18.4 Å². The first-order valence-electron chi connectivity index (χ1n) is 8.19. The number of morpholine rings is 1. The van der Waals surface area contributed by atoms with E-state index in [1.165, 1.54) is 0 Å². The van der Waals surface area contributed by atoms with Crippen LogP contribution in [0.25, 0.3) is 10.9 Å². The van der Waals surface area contributed by atoms with Crippen LogP contribution < -0.4 is 0 Å². The minimum Gasteiger partial charge on any atom is -0.479 e. The van der Waals surface area contributed by atoms with E-state index in [1.54, 1.807) is 4.90 Å². The zero-order chi connectivity index (χ0) is 17.3. The minimum absolute atomic E-state index is 0.0812. The van der Waals surface area contributed by atoms with Crippen molar-refractivity contribution < 1.29 is 19.4 Å². The Morgan fingerprint density at radius 1 is 1.33 bits per heavy atom. The number of fused-ring (bicyclic) bond motifs is 1. The van der Waals surface area contributed by atoms with Crippen LogP contribution in [0.3, 0.4) is 0 Å². The lowest BCUT2D eigenvalue weighted by Gasteiger charge is -2.30. The first-order chi connectivity index (χ1) is 11.5. The van der Waals surface area contributed by atoms with Gasteiger partial charge in [-0.2, -0.15) is 0 Å². The molecule has 128 valence electrons. The molecule has 1 aliphatic heterocycles. The van der Waals surface area contributed by atoms with Crippen LogP contribution in [0.5, 0.6) is 0 Å². The van der Waals surface area contributed by atoms with Gasteiger partial charge in [0, 0.05) is 30.2 Å². The SMILES string of the molecule is CC(C)Cn1cc(C(=O)N2CCO[C@H](C(=O)O)C2)c2ccccc21. The summed E-state index contributed by atoms with van der Waals surface area (Å²) in [6.07, 6.45) is 0.935. The van der Waals surface area contributed by atoms with E-state index >= 15 is 0 Å². The number of para-hydroxylation sites is 1. The Kier molecular flexibility index (Phi) is 4.57. The third kappa shape index (κ3) is 3.14. The highest BCUT2D eigenvalue weighted by atomic mass is 16.5. The van der Waals surface area contributed by atoms with Gasteiger partial charge in [-0.15, -0.1) is 0 Å². The molecule has 1 amide bonds. The molecule has 3 rings (SSSR count). The highest BCUT2D eigenvalue weighted by molar-refractivity contribution is 6.07. The number of carbonyl (C=O) groups is 2. The van der Waals surface area contributed by atoms with Crippen molar-refractivity contribution in [3.8, 4) is 0 Å². The number of rotatable bonds is 4. The van der Waals surface area contributed by atoms with Crippen molar-refractivity contribution in [2.75, 3.05) is 19.7 Å². The van der Waals surface area contributed by atoms with Gasteiger partial charge in [-0.25, -0.2) is 4.79 Å². The molecular weight excluding hydrogens is 308 g/mol. The lowest BCUT2D eigenvalue weighted by molar-refractivity contribution is -0.154. The lowest BCUT2D eigenvalue weighted by Crippen LogP contribution is -2.48. The van der Waals surface area contributed by atoms with Gasteiger partial charge in [0.05, 0.1) is 18.7 Å². The molecule has 1 saturated heterocycles.